The molecule has 0 aliphatic carbocycles. The second-order valence-electron chi connectivity index (χ2n) is 6.66. The van der Waals surface area contributed by atoms with Gasteiger partial charge in [0.05, 0.1) is 18.4 Å². The van der Waals surface area contributed by atoms with Crippen molar-refractivity contribution in [1.82, 2.24) is 14.9 Å². The molecule has 0 radical (unpaired) electrons. The van der Waals surface area contributed by atoms with Crippen molar-refractivity contribution in [3.8, 4) is 6.07 Å². The van der Waals surface area contributed by atoms with Crippen molar-refractivity contribution >= 4 is 28.6 Å². The van der Waals surface area contributed by atoms with Crippen molar-refractivity contribution in [3.05, 3.63) is 24.0 Å². The number of pyridine rings is 1. The van der Waals surface area contributed by atoms with Crippen molar-refractivity contribution in [2.24, 2.45) is 0 Å². The predicted molar refractivity (Wildman–Crippen MR) is 100 cm³/mol. The number of hydrogen-bond donors (Lipinski definition) is 2. The van der Waals surface area contributed by atoms with Gasteiger partial charge in [0.2, 0.25) is 5.91 Å². The number of aromatic nitrogens is 2. The summed E-state index contributed by atoms with van der Waals surface area (Å²) < 4.78 is 5.16. The molecule has 142 valence electrons. The maximum atomic E-state index is 12.4. The molecule has 2 aromatic rings. The number of rotatable bonds is 5. The molecule has 3 heterocycles. The molecular weight excluding hydrogens is 346 g/mol. The van der Waals surface area contributed by atoms with Gasteiger partial charge in [0.25, 0.3) is 0 Å². The smallest absolute Gasteiger partial charge is 0.341 e. The molecule has 0 spiro atoms. The van der Waals surface area contributed by atoms with Crippen LogP contribution >= 0.6 is 0 Å². The number of hydrogen-bond acceptors (Lipinski definition) is 6. The molecule has 2 unspecified atom stereocenters. The number of carbonyl (C=O) groups excluding carboxylic acids is 2. The Morgan fingerprint density at radius 2 is 2.30 bits per heavy atom. The molecule has 0 aromatic carbocycles. The molecule has 27 heavy (non-hydrogen) atoms. The summed E-state index contributed by atoms with van der Waals surface area (Å²) in [6.45, 7) is 4.51. The van der Waals surface area contributed by atoms with Gasteiger partial charge in [-0.1, -0.05) is 0 Å². The van der Waals surface area contributed by atoms with E-state index >= 15 is 0 Å². The summed E-state index contributed by atoms with van der Waals surface area (Å²) in [6.07, 6.45) is 4.83. The van der Waals surface area contributed by atoms with Crippen LogP contribution < -0.4 is 5.32 Å². The molecule has 1 saturated heterocycles. The molecule has 8 heteroatoms. The van der Waals surface area contributed by atoms with Crippen LogP contribution in [0.4, 0.5) is 5.69 Å². The van der Waals surface area contributed by atoms with Crippen LogP contribution in [0.2, 0.25) is 0 Å². The Morgan fingerprint density at radius 3 is 3.04 bits per heavy atom. The Morgan fingerprint density at radius 1 is 1.48 bits per heavy atom. The molecule has 2 N–H and O–H groups in total. The van der Waals surface area contributed by atoms with E-state index in [-0.39, 0.29) is 31.0 Å². The number of nitrogens with zero attached hydrogens (tertiary/aromatic N) is 3. The minimum atomic E-state index is -0.433. The predicted octanol–water partition coefficient (Wildman–Crippen LogP) is 2.44. The summed E-state index contributed by atoms with van der Waals surface area (Å²) in [4.78, 5) is 33.7. The van der Waals surface area contributed by atoms with Crippen molar-refractivity contribution in [3.63, 3.8) is 0 Å². The maximum Gasteiger partial charge on any atom is 0.341 e. The summed E-state index contributed by atoms with van der Waals surface area (Å²) in [5.74, 6) is -0.596. The first-order chi connectivity index (χ1) is 13.0. The lowest BCUT2D eigenvalue weighted by Crippen LogP contribution is -2.49. The van der Waals surface area contributed by atoms with E-state index in [1.165, 1.54) is 6.20 Å². The Hall–Kier alpha value is -3.08. The third kappa shape index (κ3) is 3.87. The van der Waals surface area contributed by atoms with Crippen LogP contribution in [-0.2, 0) is 9.53 Å². The zero-order chi connectivity index (χ0) is 19.4. The van der Waals surface area contributed by atoms with Gasteiger partial charge in [-0.25, -0.2) is 9.78 Å². The van der Waals surface area contributed by atoms with Crippen LogP contribution in [0.1, 0.15) is 43.5 Å². The van der Waals surface area contributed by atoms with Gasteiger partial charge < -0.3 is 19.9 Å². The first-order valence-corrected chi connectivity index (χ1v) is 9.11. The highest BCUT2D eigenvalue weighted by atomic mass is 16.5. The van der Waals surface area contributed by atoms with Crippen LogP contribution in [0.25, 0.3) is 11.0 Å². The Bertz CT molecular complexity index is 885. The number of nitrogens with one attached hydrogen (secondary N) is 2. The molecule has 2 atom stereocenters. The van der Waals surface area contributed by atoms with Gasteiger partial charge in [-0.3, -0.25) is 4.79 Å². The second-order valence-corrected chi connectivity index (χ2v) is 6.66. The van der Waals surface area contributed by atoms with Gasteiger partial charge >= 0.3 is 5.97 Å². The van der Waals surface area contributed by atoms with Crippen LogP contribution in [0.15, 0.2) is 18.5 Å². The zero-order valence-corrected chi connectivity index (χ0v) is 15.5. The van der Waals surface area contributed by atoms with Crippen molar-refractivity contribution in [1.29, 1.82) is 5.26 Å². The summed E-state index contributed by atoms with van der Waals surface area (Å²) in [5, 5.41) is 13.1. The molecular formula is C19H23N5O3. The monoisotopic (exact) mass is 369 g/mol. The van der Waals surface area contributed by atoms with E-state index in [2.05, 4.69) is 15.3 Å². The normalized spacial score (nSPS) is 19.5. The Balaban J connectivity index is 1.88. The minimum Gasteiger partial charge on any atom is -0.462 e. The van der Waals surface area contributed by atoms with E-state index in [4.69, 9.17) is 10.00 Å². The third-order valence-corrected chi connectivity index (χ3v) is 4.86. The molecule has 1 aliphatic rings. The van der Waals surface area contributed by atoms with Gasteiger partial charge in [-0.2, -0.15) is 5.26 Å². The van der Waals surface area contributed by atoms with E-state index in [0.29, 0.717) is 23.4 Å². The molecule has 2 aromatic heterocycles. The van der Waals surface area contributed by atoms with Gasteiger partial charge in [0.15, 0.2) is 0 Å². The number of esters is 1. The van der Waals surface area contributed by atoms with Crippen LogP contribution in [0.5, 0.6) is 0 Å². The number of carbonyl (C=O) groups is 2. The van der Waals surface area contributed by atoms with Crippen LogP contribution in [0.3, 0.4) is 0 Å². The average molecular weight is 369 g/mol. The number of piperidine rings is 1. The molecule has 3 rings (SSSR count). The minimum absolute atomic E-state index is 0.0301. The summed E-state index contributed by atoms with van der Waals surface area (Å²) in [7, 11) is 0. The first-order valence-electron chi connectivity index (χ1n) is 9.11. The SMILES string of the molecule is CCOC(=O)c1cnc2[nH]ccc2c1NC1CCC(C)N(C(=O)CC#N)C1. The lowest BCUT2D eigenvalue weighted by atomic mass is 9.98. The highest BCUT2D eigenvalue weighted by molar-refractivity contribution is 6.04. The summed E-state index contributed by atoms with van der Waals surface area (Å²) >= 11 is 0. The molecule has 0 saturated carbocycles. The fraction of sp³-hybridized carbons (Fsp3) is 0.474. The molecule has 1 amide bonds. The van der Waals surface area contributed by atoms with E-state index in [1.807, 2.05) is 19.1 Å². The quantitative estimate of drug-likeness (QED) is 0.783. The average Bonchev–Trinajstić information content (AvgIpc) is 3.13. The Labute approximate surface area is 157 Å². The second kappa shape index (κ2) is 8.08. The van der Waals surface area contributed by atoms with Gasteiger partial charge in [0.1, 0.15) is 17.6 Å². The van der Waals surface area contributed by atoms with Gasteiger partial charge in [0, 0.05) is 36.4 Å². The number of H-pyrrole nitrogens is 1. The highest BCUT2D eigenvalue weighted by Gasteiger charge is 2.30. The lowest BCUT2D eigenvalue weighted by molar-refractivity contribution is -0.133. The van der Waals surface area contributed by atoms with Crippen molar-refractivity contribution < 1.29 is 14.3 Å². The molecule has 0 bridgehead atoms. The molecule has 8 nitrogen and oxygen atoms in total. The Kier molecular flexibility index (Phi) is 5.60. The number of amides is 1. The standard InChI is InChI=1S/C19H23N5O3/c1-3-27-19(26)15-10-22-18-14(7-9-21-18)17(15)23-13-5-4-12(2)24(11-13)16(25)6-8-20/h7,9-10,12-13H,3-6,11H2,1-2H3,(H2,21,22,23). The number of fused-ring (bicyclic) bond motifs is 1. The van der Waals surface area contributed by atoms with E-state index in [9.17, 15) is 9.59 Å². The van der Waals surface area contributed by atoms with E-state index < -0.39 is 5.97 Å². The number of nitriles is 1. The highest BCUT2D eigenvalue weighted by Crippen LogP contribution is 2.29. The van der Waals surface area contributed by atoms with Gasteiger partial charge in [-0.05, 0) is 32.8 Å². The fourth-order valence-electron chi connectivity index (χ4n) is 3.47. The zero-order valence-electron chi connectivity index (χ0n) is 15.5. The number of likely N-dealkylation sites (tertiary alicyclic amines) is 1. The van der Waals surface area contributed by atoms with E-state index in [1.54, 1.807) is 18.0 Å². The molecule has 1 fully saturated rings. The number of ether oxygens (including phenoxy) is 1. The van der Waals surface area contributed by atoms with Crippen LogP contribution in [0, 0.1) is 11.3 Å². The largest absolute Gasteiger partial charge is 0.462 e. The summed E-state index contributed by atoms with van der Waals surface area (Å²) in [5.41, 5.74) is 1.71. The topological polar surface area (TPSA) is 111 Å². The van der Waals surface area contributed by atoms with Crippen LogP contribution in [-0.4, -0.2) is 52.0 Å². The molecule has 1 aliphatic heterocycles. The number of aromatic amines is 1. The maximum absolute atomic E-state index is 12.4. The summed E-state index contributed by atoms with van der Waals surface area (Å²) in [6, 6.07) is 3.85. The lowest BCUT2D eigenvalue weighted by Gasteiger charge is -2.38. The van der Waals surface area contributed by atoms with E-state index in [0.717, 1.165) is 18.2 Å². The number of anilines is 1. The van der Waals surface area contributed by atoms with Crippen molar-refractivity contribution in [2.45, 2.75) is 45.2 Å². The third-order valence-electron chi connectivity index (χ3n) is 4.86. The van der Waals surface area contributed by atoms with Crippen molar-refractivity contribution in [2.75, 3.05) is 18.5 Å². The fourth-order valence-corrected chi connectivity index (χ4v) is 3.47. The van der Waals surface area contributed by atoms with Gasteiger partial charge in [-0.15, -0.1) is 0 Å². The first kappa shape index (κ1) is 18.7.